The van der Waals surface area contributed by atoms with Gasteiger partial charge in [-0.15, -0.1) is 0 Å². The fourth-order valence-corrected chi connectivity index (χ4v) is 6.09. The number of ether oxygens (including phenoxy) is 3. The second-order valence-corrected chi connectivity index (χ2v) is 9.06. The standard InChI is InChI=1S/C18H18ClNO5S/c1-23-9-18(20)16(11-2-7-14-15(8-11)25-10-24-14)17(18)26(21,22)13-5-3-12(19)4-6-13/h2-8,16-17H,9-10,20H2,1H3/t16-,17+,18-/m0/s1. The number of hydrogen-bond acceptors (Lipinski definition) is 6. The summed E-state index contributed by atoms with van der Waals surface area (Å²) in [4.78, 5) is 0.195. The first kappa shape index (κ1) is 17.6. The van der Waals surface area contributed by atoms with E-state index in [-0.39, 0.29) is 18.3 Å². The molecule has 0 radical (unpaired) electrons. The molecule has 1 fully saturated rings. The van der Waals surface area contributed by atoms with Gasteiger partial charge in [0.25, 0.3) is 0 Å². The minimum Gasteiger partial charge on any atom is -0.454 e. The number of benzene rings is 2. The van der Waals surface area contributed by atoms with Gasteiger partial charge in [-0.25, -0.2) is 8.42 Å². The topological polar surface area (TPSA) is 87.9 Å². The van der Waals surface area contributed by atoms with E-state index in [1.807, 2.05) is 6.07 Å². The summed E-state index contributed by atoms with van der Waals surface area (Å²) >= 11 is 5.88. The van der Waals surface area contributed by atoms with Crippen molar-refractivity contribution in [3.63, 3.8) is 0 Å². The van der Waals surface area contributed by atoms with Crippen molar-refractivity contribution in [2.45, 2.75) is 21.6 Å². The molecule has 0 spiro atoms. The molecule has 0 unspecified atom stereocenters. The number of hydrogen-bond donors (Lipinski definition) is 1. The zero-order valence-electron chi connectivity index (χ0n) is 14.0. The Balaban J connectivity index is 1.73. The predicted molar refractivity (Wildman–Crippen MR) is 96.5 cm³/mol. The summed E-state index contributed by atoms with van der Waals surface area (Å²) in [5.74, 6) is 0.829. The lowest BCUT2D eigenvalue weighted by atomic mass is 10.1. The van der Waals surface area contributed by atoms with Crippen LogP contribution in [0.4, 0.5) is 0 Å². The Morgan fingerprint density at radius 1 is 1.19 bits per heavy atom. The summed E-state index contributed by atoms with van der Waals surface area (Å²) in [6.45, 7) is 0.283. The molecule has 0 saturated heterocycles. The van der Waals surface area contributed by atoms with E-state index < -0.39 is 26.5 Å². The van der Waals surface area contributed by atoms with E-state index in [0.717, 1.165) is 5.56 Å². The first-order valence-corrected chi connectivity index (χ1v) is 9.97. The average molecular weight is 396 g/mol. The zero-order valence-corrected chi connectivity index (χ0v) is 15.6. The van der Waals surface area contributed by atoms with Gasteiger partial charge in [-0.05, 0) is 42.0 Å². The van der Waals surface area contributed by atoms with Crippen LogP contribution in [0.15, 0.2) is 47.4 Å². The van der Waals surface area contributed by atoms with Crippen molar-refractivity contribution in [2.24, 2.45) is 5.73 Å². The first-order valence-electron chi connectivity index (χ1n) is 8.05. The van der Waals surface area contributed by atoms with E-state index in [9.17, 15) is 8.42 Å². The van der Waals surface area contributed by atoms with E-state index in [4.69, 9.17) is 31.5 Å². The lowest BCUT2D eigenvalue weighted by molar-refractivity contribution is 0.171. The number of methoxy groups -OCH3 is 1. The Hall–Kier alpha value is -1.80. The Labute approximate surface area is 156 Å². The molecular weight excluding hydrogens is 378 g/mol. The lowest BCUT2D eigenvalue weighted by Gasteiger charge is -2.11. The maximum absolute atomic E-state index is 13.2. The van der Waals surface area contributed by atoms with E-state index in [1.165, 1.54) is 19.2 Å². The molecule has 4 rings (SSSR count). The summed E-state index contributed by atoms with van der Waals surface area (Å²) in [5, 5.41) is -0.320. The third-order valence-electron chi connectivity index (χ3n) is 4.93. The van der Waals surface area contributed by atoms with Gasteiger partial charge < -0.3 is 19.9 Å². The fraction of sp³-hybridized carbons (Fsp3) is 0.333. The molecule has 0 amide bonds. The van der Waals surface area contributed by atoms with Gasteiger partial charge in [0, 0.05) is 18.1 Å². The Morgan fingerprint density at radius 2 is 1.88 bits per heavy atom. The van der Waals surface area contributed by atoms with Crippen LogP contribution in [-0.2, 0) is 14.6 Å². The molecule has 0 aromatic heterocycles. The fourth-order valence-electron chi connectivity index (χ4n) is 3.68. The quantitative estimate of drug-likeness (QED) is 0.836. The van der Waals surface area contributed by atoms with Crippen LogP contribution < -0.4 is 15.2 Å². The molecule has 1 aliphatic carbocycles. The van der Waals surface area contributed by atoms with Crippen molar-refractivity contribution in [3.8, 4) is 11.5 Å². The number of halogens is 1. The third kappa shape index (κ3) is 2.66. The first-order chi connectivity index (χ1) is 12.4. The van der Waals surface area contributed by atoms with Gasteiger partial charge in [0.2, 0.25) is 6.79 Å². The highest BCUT2D eigenvalue weighted by molar-refractivity contribution is 7.92. The number of rotatable bonds is 5. The second kappa shape index (κ2) is 6.13. The van der Waals surface area contributed by atoms with E-state index in [1.54, 1.807) is 24.3 Å². The van der Waals surface area contributed by atoms with Crippen LogP contribution in [0.1, 0.15) is 11.5 Å². The van der Waals surface area contributed by atoms with Crippen LogP contribution in [-0.4, -0.2) is 39.7 Å². The van der Waals surface area contributed by atoms with Gasteiger partial charge in [0.15, 0.2) is 21.3 Å². The molecular formula is C18H18ClNO5S. The molecule has 1 aliphatic heterocycles. The molecule has 3 atom stereocenters. The largest absolute Gasteiger partial charge is 0.454 e. The Morgan fingerprint density at radius 3 is 2.58 bits per heavy atom. The predicted octanol–water partition coefficient (Wildman–Crippen LogP) is 2.35. The van der Waals surface area contributed by atoms with Gasteiger partial charge in [-0.3, -0.25) is 0 Å². The Kier molecular flexibility index (Phi) is 4.15. The molecule has 0 bridgehead atoms. The summed E-state index contributed by atoms with van der Waals surface area (Å²) in [6, 6.07) is 11.5. The zero-order chi connectivity index (χ0) is 18.5. The molecule has 2 N–H and O–H groups in total. The summed E-state index contributed by atoms with van der Waals surface area (Å²) < 4.78 is 42.3. The Bertz CT molecular complexity index is 947. The van der Waals surface area contributed by atoms with Crippen molar-refractivity contribution >= 4 is 21.4 Å². The van der Waals surface area contributed by atoms with E-state index in [2.05, 4.69) is 0 Å². The summed E-state index contributed by atoms with van der Waals surface area (Å²) in [5.41, 5.74) is 6.25. The van der Waals surface area contributed by atoms with Crippen LogP contribution in [0.5, 0.6) is 11.5 Å². The van der Waals surface area contributed by atoms with Crippen molar-refractivity contribution in [1.29, 1.82) is 0 Å². The number of fused-ring (bicyclic) bond motifs is 1. The summed E-state index contributed by atoms with van der Waals surface area (Å²) in [7, 11) is -2.15. The highest BCUT2D eigenvalue weighted by Crippen LogP contribution is 2.56. The van der Waals surface area contributed by atoms with Gasteiger partial charge in [0.1, 0.15) is 0 Å². The van der Waals surface area contributed by atoms with Gasteiger partial charge in [0.05, 0.1) is 22.3 Å². The van der Waals surface area contributed by atoms with Crippen LogP contribution in [0.25, 0.3) is 0 Å². The minimum absolute atomic E-state index is 0.129. The van der Waals surface area contributed by atoms with Crippen molar-refractivity contribution in [3.05, 3.63) is 53.1 Å². The van der Waals surface area contributed by atoms with E-state index in [0.29, 0.717) is 16.5 Å². The number of sulfone groups is 1. The third-order valence-corrected chi connectivity index (χ3v) is 7.49. The van der Waals surface area contributed by atoms with Gasteiger partial charge >= 0.3 is 0 Å². The van der Waals surface area contributed by atoms with Crippen LogP contribution >= 0.6 is 11.6 Å². The highest BCUT2D eigenvalue weighted by Gasteiger charge is 2.69. The van der Waals surface area contributed by atoms with Crippen LogP contribution in [0.2, 0.25) is 5.02 Å². The molecule has 138 valence electrons. The minimum atomic E-state index is -3.66. The molecule has 6 nitrogen and oxygen atoms in total. The molecule has 26 heavy (non-hydrogen) atoms. The molecule has 2 aromatic rings. The van der Waals surface area contributed by atoms with Crippen molar-refractivity contribution in [1.82, 2.24) is 0 Å². The monoisotopic (exact) mass is 395 g/mol. The highest BCUT2D eigenvalue weighted by atomic mass is 35.5. The normalized spacial score (nSPS) is 26.7. The van der Waals surface area contributed by atoms with Gasteiger partial charge in [-0.2, -0.15) is 0 Å². The molecule has 8 heteroatoms. The number of nitrogens with two attached hydrogens (primary N) is 1. The van der Waals surface area contributed by atoms with E-state index >= 15 is 0 Å². The maximum atomic E-state index is 13.2. The molecule has 2 aliphatic rings. The maximum Gasteiger partial charge on any atom is 0.231 e. The molecule has 1 heterocycles. The average Bonchev–Trinajstić information content (AvgIpc) is 2.99. The van der Waals surface area contributed by atoms with Crippen molar-refractivity contribution < 1.29 is 22.6 Å². The summed E-state index contributed by atoms with van der Waals surface area (Å²) in [6.07, 6.45) is 0. The lowest BCUT2D eigenvalue weighted by Crippen LogP contribution is -2.35. The van der Waals surface area contributed by atoms with Gasteiger partial charge in [-0.1, -0.05) is 17.7 Å². The van der Waals surface area contributed by atoms with Crippen molar-refractivity contribution in [2.75, 3.05) is 20.5 Å². The molecule has 2 aromatic carbocycles. The smallest absolute Gasteiger partial charge is 0.231 e. The molecule has 1 saturated carbocycles. The SMILES string of the molecule is COC[C@@]1(N)[C@H](S(=O)(=O)c2ccc(Cl)cc2)[C@@H]1c1ccc2c(c1)OCO2. The van der Waals surface area contributed by atoms with Crippen LogP contribution in [0.3, 0.4) is 0 Å². The second-order valence-electron chi connectivity index (χ2n) is 6.56. The van der Waals surface area contributed by atoms with Crippen LogP contribution in [0, 0.1) is 0 Å².